The summed E-state index contributed by atoms with van der Waals surface area (Å²) in [7, 11) is 0. The average Bonchev–Trinajstić information content (AvgIpc) is 3.16. The van der Waals surface area contributed by atoms with Crippen LogP contribution in [0.1, 0.15) is 36.0 Å². The normalized spacial score (nSPS) is 13.1. The Morgan fingerprint density at radius 3 is 2.57 bits per heavy atom. The number of nitrogens with zero attached hydrogens (tertiary/aromatic N) is 1. The van der Waals surface area contributed by atoms with Crippen LogP contribution in [0.25, 0.3) is 0 Å². The maximum Gasteiger partial charge on any atom is 0.261 e. The Morgan fingerprint density at radius 1 is 1.07 bits per heavy atom. The topological polar surface area (TPSA) is 49.4 Å². The van der Waals surface area contributed by atoms with E-state index in [0.717, 1.165) is 17.5 Å². The minimum absolute atomic E-state index is 0.0335. The molecule has 1 aliphatic rings. The summed E-state index contributed by atoms with van der Waals surface area (Å²) in [6.07, 6.45) is 0.781. The van der Waals surface area contributed by atoms with Crippen molar-refractivity contribution in [3.63, 3.8) is 0 Å². The molecule has 0 aliphatic carbocycles. The predicted molar refractivity (Wildman–Crippen MR) is 112 cm³/mol. The number of amides is 2. The number of carbonyl (C=O) groups excluding carboxylic acids is 2. The lowest BCUT2D eigenvalue weighted by Gasteiger charge is -2.27. The second-order valence-electron chi connectivity index (χ2n) is 6.71. The standard InChI is InChI=1S/C22H19ClN2O2S/c23-18-8-6-15(7-9-18)13-24-21(26)20-12-17-14-25(11-10-19(17)28-20)22(27)16-4-2-1-3-5-16/h1-9,12H,10-11,13-14H2,(H,24,26). The highest BCUT2D eigenvalue weighted by Crippen LogP contribution is 2.29. The van der Waals surface area contributed by atoms with E-state index >= 15 is 0 Å². The fourth-order valence-electron chi connectivity index (χ4n) is 3.25. The second kappa shape index (κ2) is 8.17. The van der Waals surface area contributed by atoms with Crippen LogP contribution in [-0.4, -0.2) is 23.3 Å². The smallest absolute Gasteiger partial charge is 0.261 e. The summed E-state index contributed by atoms with van der Waals surface area (Å²) in [6, 6.07) is 18.6. The first kappa shape index (κ1) is 18.7. The van der Waals surface area contributed by atoms with E-state index in [1.165, 1.54) is 16.2 Å². The molecule has 0 atom stereocenters. The number of rotatable bonds is 4. The highest BCUT2D eigenvalue weighted by molar-refractivity contribution is 7.14. The summed E-state index contributed by atoms with van der Waals surface area (Å²) >= 11 is 7.41. The summed E-state index contributed by atoms with van der Waals surface area (Å²) in [4.78, 5) is 28.9. The average molecular weight is 411 g/mol. The van der Waals surface area contributed by atoms with Crippen molar-refractivity contribution in [2.45, 2.75) is 19.5 Å². The van der Waals surface area contributed by atoms with Gasteiger partial charge in [0, 0.05) is 35.1 Å². The predicted octanol–water partition coefficient (Wildman–Crippen LogP) is 4.53. The Balaban J connectivity index is 1.41. The maximum absolute atomic E-state index is 12.7. The third kappa shape index (κ3) is 4.11. The summed E-state index contributed by atoms with van der Waals surface area (Å²) in [6.45, 7) is 1.67. The Labute approximate surface area is 172 Å². The van der Waals surface area contributed by atoms with Crippen molar-refractivity contribution in [1.29, 1.82) is 0 Å². The summed E-state index contributed by atoms with van der Waals surface area (Å²) in [5.74, 6) is -0.0542. The molecule has 4 nitrogen and oxygen atoms in total. The van der Waals surface area contributed by atoms with Crippen molar-refractivity contribution >= 4 is 34.8 Å². The number of benzene rings is 2. The molecule has 4 rings (SSSR count). The van der Waals surface area contributed by atoms with Crippen molar-refractivity contribution in [2.24, 2.45) is 0 Å². The van der Waals surface area contributed by atoms with Crippen molar-refractivity contribution < 1.29 is 9.59 Å². The first-order valence-electron chi connectivity index (χ1n) is 9.09. The largest absolute Gasteiger partial charge is 0.347 e. The maximum atomic E-state index is 12.7. The monoisotopic (exact) mass is 410 g/mol. The van der Waals surface area contributed by atoms with E-state index in [-0.39, 0.29) is 11.8 Å². The molecule has 1 N–H and O–H groups in total. The molecule has 0 radical (unpaired) electrons. The number of nitrogens with one attached hydrogen (secondary N) is 1. The van der Waals surface area contributed by atoms with E-state index in [0.29, 0.717) is 35.1 Å². The molecule has 28 heavy (non-hydrogen) atoms. The molecular formula is C22H19ClN2O2S. The molecule has 3 aromatic rings. The first-order valence-corrected chi connectivity index (χ1v) is 10.3. The molecule has 0 unspecified atom stereocenters. The molecule has 2 aromatic carbocycles. The van der Waals surface area contributed by atoms with Gasteiger partial charge in [0.05, 0.1) is 4.88 Å². The third-order valence-electron chi connectivity index (χ3n) is 4.76. The van der Waals surface area contributed by atoms with E-state index in [9.17, 15) is 9.59 Å². The van der Waals surface area contributed by atoms with E-state index in [1.807, 2.05) is 65.6 Å². The lowest BCUT2D eigenvalue weighted by molar-refractivity contribution is 0.0736. The van der Waals surface area contributed by atoms with Crippen LogP contribution in [0.15, 0.2) is 60.7 Å². The van der Waals surface area contributed by atoms with Gasteiger partial charge in [0.15, 0.2) is 0 Å². The van der Waals surface area contributed by atoms with Crippen LogP contribution in [0.2, 0.25) is 5.02 Å². The molecule has 0 saturated heterocycles. The minimum Gasteiger partial charge on any atom is -0.347 e. The molecule has 2 heterocycles. The lowest BCUT2D eigenvalue weighted by Crippen LogP contribution is -2.35. The molecule has 1 aromatic heterocycles. The van der Waals surface area contributed by atoms with Gasteiger partial charge < -0.3 is 10.2 Å². The van der Waals surface area contributed by atoms with Gasteiger partial charge in [0.2, 0.25) is 0 Å². The highest BCUT2D eigenvalue weighted by atomic mass is 35.5. The number of hydrogen-bond donors (Lipinski definition) is 1. The van der Waals surface area contributed by atoms with Crippen LogP contribution in [0, 0.1) is 0 Å². The van der Waals surface area contributed by atoms with Gasteiger partial charge >= 0.3 is 0 Å². The molecule has 0 fully saturated rings. The van der Waals surface area contributed by atoms with Gasteiger partial charge in [-0.1, -0.05) is 41.9 Å². The Hall–Kier alpha value is -2.63. The Kier molecular flexibility index (Phi) is 5.46. The van der Waals surface area contributed by atoms with E-state index < -0.39 is 0 Å². The van der Waals surface area contributed by atoms with Gasteiger partial charge in [0.1, 0.15) is 0 Å². The zero-order valence-electron chi connectivity index (χ0n) is 15.2. The van der Waals surface area contributed by atoms with Crippen molar-refractivity contribution in [3.05, 3.63) is 92.1 Å². The van der Waals surface area contributed by atoms with Gasteiger partial charge in [-0.25, -0.2) is 0 Å². The summed E-state index contributed by atoms with van der Waals surface area (Å²) < 4.78 is 0. The van der Waals surface area contributed by atoms with Gasteiger partial charge in [-0.2, -0.15) is 0 Å². The van der Waals surface area contributed by atoms with E-state index in [2.05, 4.69) is 5.32 Å². The Morgan fingerprint density at radius 2 is 1.82 bits per heavy atom. The van der Waals surface area contributed by atoms with Crippen LogP contribution in [0.4, 0.5) is 0 Å². The molecule has 1 aliphatic heterocycles. The van der Waals surface area contributed by atoms with Crippen molar-refractivity contribution in [1.82, 2.24) is 10.2 Å². The number of carbonyl (C=O) groups is 2. The molecule has 6 heteroatoms. The molecule has 0 spiro atoms. The fourth-order valence-corrected chi connectivity index (χ4v) is 4.46. The zero-order chi connectivity index (χ0) is 19.5. The van der Waals surface area contributed by atoms with Gasteiger partial charge in [-0.05, 0) is 47.9 Å². The minimum atomic E-state index is -0.0877. The van der Waals surface area contributed by atoms with Gasteiger partial charge in [0.25, 0.3) is 11.8 Å². The molecule has 0 bridgehead atoms. The van der Waals surface area contributed by atoms with Crippen LogP contribution < -0.4 is 5.32 Å². The molecule has 142 valence electrons. The number of halogens is 1. The van der Waals surface area contributed by atoms with Crippen LogP contribution >= 0.6 is 22.9 Å². The number of hydrogen-bond acceptors (Lipinski definition) is 3. The summed E-state index contributed by atoms with van der Waals surface area (Å²) in [5.41, 5.74) is 2.76. The van der Waals surface area contributed by atoms with Crippen LogP contribution in [-0.2, 0) is 19.5 Å². The molecule has 0 saturated carbocycles. The van der Waals surface area contributed by atoms with Crippen molar-refractivity contribution in [3.8, 4) is 0 Å². The van der Waals surface area contributed by atoms with Crippen molar-refractivity contribution in [2.75, 3.05) is 6.54 Å². The van der Waals surface area contributed by atoms with Gasteiger partial charge in [-0.15, -0.1) is 11.3 Å². The molecular weight excluding hydrogens is 392 g/mol. The number of fused-ring (bicyclic) bond motifs is 1. The lowest BCUT2D eigenvalue weighted by atomic mass is 10.1. The fraction of sp³-hybridized carbons (Fsp3) is 0.182. The Bertz CT molecular complexity index is 999. The zero-order valence-corrected chi connectivity index (χ0v) is 16.7. The third-order valence-corrected chi connectivity index (χ3v) is 6.25. The molecule has 2 amide bonds. The van der Waals surface area contributed by atoms with Crippen LogP contribution in [0.5, 0.6) is 0 Å². The summed E-state index contributed by atoms with van der Waals surface area (Å²) in [5, 5.41) is 3.63. The van der Waals surface area contributed by atoms with E-state index in [1.54, 1.807) is 0 Å². The SMILES string of the molecule is O=C(NCc1ccc(Cl)cc1)c1cc2c(s1)CCN(C(=O)c1ccccc1)C2. The highest BCUT2D eigenvalue weighted by Gasteiger charge is 2.25. The van der Waals surface area contributed by atoms with Gasteiger partial charge in [-0.3, -0.25) is 9.59 Å². The first-order chi connectivity index (χ1) is 13.6. The van der Waals surface area contributed by atoms with Crippen LogP contribution in [0.3, 0.4) is 0 Å². The number of thiophene rings is 1. The quantitative estimate of drug-likeness (QED) is 0.687. The second-order valence-corrected chi connectivity index (χ2v) is 8.28. The van der Waals surface area contributed by atoms with E-state index in [4.69, 9.17) is 11.6 Å².